The number of hydrogen-bond acceptors (Lipinski definition) is 4. The lowest BCUT2D eigenvalue weighted by Gasteiger charge is -2.05. The summed E-state index contributed by atoms with van der Waals surface area (Å²) < 4.78 is 61.3. The molecule has 0 saturated heterocycles. The van der Waals surface area contributed by atoms with Crippen molar-refractivity contribution in [2.45, 2.75) is 4.90 Å². The van der Waals surface area contributed by atoms with Crippen LogP contribution in [0.1, 0.15) is 0 Å². The number of hydrogen-bond donors (Lipinski definition) is 3. The SMILES string of the molecule is O=S(=O)(O)Nc1ccc(Cl)c(S(=O)(=O)O)c1. The largest absolute Gasteiger partial charge is 0.357 e. The molecule has 0 aliphatic rings. The van der Waals surface area contributed by atoms with Crippen molar-refractivity contribution in [3.05, 3.63) is 23.2 Å². The van der Waals surface area contributed by atoms with E-state index in [9.17, 15) is 16.8 Å². The quantitative estimate of drug-likeness (QED) is 0.707. The Bertz CT molecular complexity index is 608. The highest BCUT2D eigenvalue weighted by Crippen LogP contribution is 2.25. The standard InChI is InChI=1S/C6H6ClNO6S2/c7-5-2-1-4(8-16(12,13)14)3-6(5)15(9,10)11/h1-3,8H,(H,9,10,11)(H,12,13,14). The van der Waals surface area contributed by atoms with Gasteiger partial charge in [0.1, 0.15) is 4.90 Å². The molecule has 0 heterocycles. The molecule has 7 nitrogen and oxygen atoms in total. The Labute approximate surface area is 96.7 Å². The first-order valence-electron chi connectivity index (χ1n) is 3.62. The van der Waals surface area contributed by atoms with Gasteiger partial charge in [-0.15, -0.1) is 0 Å². The zero-order chi connectivity index (χ0) is 12.6. The lowest BCUT2D eigenvalue weighted by Crippen LogP contribution is -2.11. The van der Waals surface area contributed by atoms with Gasteiger partial charge in [-0.2, -0.15) is 16.8 Å². The van der Waals surface area contributed by atoms with E-state index in [0.717, 1.165) is 18.2 Å². The summed E-state index contributed by atoms with van der Waals surface area (Å²) in [5, 5.41) is -0.275. The van der Waals surface area contributed by atoms with E-state index in [0.29, 0.717) is 0 Å². The molecule has 1 aromatic rings. The molecule has 1 aromatic carbocycles. The summed E-state index contributed by atoms with van der Waals surface area (Å²) in [6, 6.07) is 2.94. The van der Waals surface area contributed by atoms with Crippen molar-refractivity contribution >= 4 is 37.7 Å². The Morgan fingerprint density at radius 1 is 1.12 bits per heavy atom. The molecule has 0 unspecified atom stereocenters. The summed E-state index contributed by atoms with van der Waals surface area (Å²) in [6.07, 6.45) is 0. The van der Waals surface area contributed by atoms with Crippen molar-refractivity contribution in [2.75, 3.05) is 4.72 Å². The summed E-state index contributed by atoms with van der Waals surface area (Å²) in [7, 11) is -9.08. The first-order chi connectivity index (χ1) is 7.09. The summed E-state index contributed by atoms with van der Waals surface area (Å²) in [5.74, 6) is 0. The Morgan fingerprint density at radius 2 is 1.69 bits per heavy atom. The minimum Gasteiger partial charge on any atom is -0.282 e. The molecule has 0 aromatic heterocycles. The Kier molecular flexibility index (Phi) is 3.45. The molecule has 1 rings (SSSR count). The highest BCUT2D eigenvalue weighted by molar-refractivity contribution is 7.87. The Morgan fingerprint density at radius 3 is 2.12 bits per heavy atom. The molecule has 90 valence electrons. The van der Waals surface area contributed by atoms with Crippen LogP contribution in [0.15, 0.2) is 23.1 Å². The summed E-state index contributed by atoms with van der Waals surface area (Å²) in [5.41, 5.74) is -0.250. The minimum atomic E-state index is -4.56. The van der Waals surface area contributed by atoms with Gasteiger partial charge in [0.2, 0.25) is 0 Å². The predicted octanol–water partition coefficient (Wildman–Crippen LogP) is 0.801. The van der Waals surface area contributed by atoms with E-state index >= 15 is 0 Å². The van der Waals surface area contributed by atoms with Crippen LogP contribution in [0.4, 0.5) is 5.69 Å². The van der Waals surface area contributed by atoms with E-state index in [1.807, 2.05) is 0 Å². The van der Waals surface area contributed by atoms with Crippen molar-refractivity contribution in [1.29, 1.82) is 0 Å². The average molecular weight is 288 g/mol. The number of anilines is 1. The van der Waals surface area contributed by atoms with Crippen LogP contribution in [0.3, 0.4) is 0 Å². The third kappa shape index (κ3) is 3.61. The van der Waals surface area contributed by atoms with Crippen molar-refractivity contribution < 1.29 is 25.9 Å². The van der Waals surface area contributed by atoms with Gasteiger partial charge in [-0.05, 0) is 18.2 Å². The fraction of sp³-hybridized carbons (Fsp3) is 0. The van der Waals surface area contributed by atoms with Crippen molar-refractivity contribution in [3.8, 4) is 0 Å². The zero-order valence-corrected chi connectivity index (χ0v) is 9.84. The second-order valence-electron chi connectivity index (χ2n) is 2.70. The molecule has 3 N–H and O–H groups in total. The summed E-state index contributed by atoms with van der Waals surface area (Å²) in [6.45, 7) is 0. The first kappa shape index (κ1) is 13.2. The van der Waals surface area contributed by atoms with Crippen LogP contribution >= 0.6 is 11.6 Å². The Balaban J connectivity index is 3.29. The number of rotatable bonds is 3. The monoisotopic (exact) mass is 287 g/mol. The maximum absolute atomic E-state index is 10.8. The molecule has 0 spiro atoms. The molecular formula is C6H6ClNO6S2. The fourth-order valence-corrected chi connectivity index (χ4v) is 2.34. The number of nitrogens with one attached hydrogen (secondary N) is 1. The zero-order valence-electron chi connectivity index (χ0n) is 7.45. The van der Waals surface area contributed by atoms with Crippen LogP contribution in [0, 0.1) is 0 Å². The molecule has 0 saturated carbocycles. The van der Waals surface area contributed by atoms with Crippen LogP contribution in [0.2, 0.25) is 5.02 Å². The summed E-state index contributed by atoms with van der Waals surface area (Å²) in [4.78, 5) is -0.664. The smallest absolute Gasteiger partial charge is 0.282 e. The average Bonchev–Trinajstić information content (AvgIpc) is 2.04. The molecule has 16 heavy (non-hydrogen) atoms. The maximum atomic E-state index is 10.8. The van der Waals surface area contributed by atoms with E-state index in [4.69, 9.17) is 20.7 Å². The fourth-order valence-electron chi connectivity index (χ4n) is 0.913. The first-order valence-corrected chi connectivity index (χ1v) is 6.88. The summed E-state index contributed by atoms with van der Waals surface area (Å²) >= 11 is 5.47. The van der Waals surface area contributed by atoms with Gasteiger partial charge in [-0.25, -0.2) is 0 Å². The van der Waals surface area contributed by atoms with Crippen LogP contribution in [0.25, 0.3) is 0 Å². The molecule has 0 radical (unpaired) electrons. The highest BCUT2D eigenvalue weighted by atomic mass is 35.5. The van der Waals surface area contributed by atoms with E-state index < -0.39 is 25.3 Å². The highest BCUT2D eigenvalue weighted by Gasteiger charge is 2.16. The Hall–Kier alpha value is -0.870. The van der Waals surface area contributed by atoms with E-state index in [1.165, 1.54) is 0 Å². The van der Waals surface area contributed by atoms with Crippen LogP contribution in [0.5, 0.6) is 0 Å². The van der Waals surface area contributed by atoms with E-state index in [2.05, 4.69) is 0 Å². The van der Waals surface area contributed by atoms with Gasteiger partial charge in [0, 0.05) is 0 Å². The second kappa shape index (κ2) is 4.18. The molecule has 0 fully saturated rings. The van der Waals surface area contributed by atoms with Crippen LogP contribution < -0.4 is 4.72 Å². The normalized spacial score (nSPS) is 12.4. The van der Waals surface area contributed by atoms with E-state index in [-0.39, 0.29) is 10.7 Å². The molecule has 0 atom stereocenters. The molecular weight excluding hydrogens is 282 g/mol. The van der Waals surface area contributed by atoms with Crippen LogP contribution in [-0.4, -0.2) is 25.9 Å². The van der Waals surface area contributed by atoms with Crippen molar-refractivity contribution in [3.63, 3.8) is 0 Å². The van der Waals surface area contributed by atoms with Crippen LogP contribution in [-0.2, 0) is 20.4 Å². The van der Waals surface area contributed by atoms with E-state index in [1.54, 1.807) is 4.72 Å². The van der Waals surface area contributed by atoms with Gasteiger partial charge in [-0.3, -0.25) is 13.8 Å². The topological polar surface area (TPSA) is 121 Å². The maximum Gasteiger partial charge on any atom is 0.357 e. The minimum absolute atomic E-state index is 0.250. The lowest BCUT2D eigenvalue weighted by molar-refractivity contribution is 0.482. The predicted molar refractivity (Wildman–Crippen MR) is 56.4 cm³/mol. The third-order valence-corrected chi connectivity index (χ3v) is 3.28. The second-order valence-corrected chi connectivity index (χ2v) is 5.65. The van der Waals surface area contributed by atoms with Gasteiger partial charge in [-0.1, -0.05) is 11.6 Å². The van der Waals surface area contributed by atoms with Gasteiger partial charge in [0.05, 0.1) is 10.7 Å². The van der Waals surface area contributed by atoms with Gasteiger partial charge in [0.25, 0.3) is 10.1 Å². The van der Waals surface area contributed by atoms with Gasteiger partial charge < -0.3 is 0 Å². The molecule has 0 amide bonds. The van der Waals surface area contributed by atoms with Gasteiger partial charge >= 0.3 is 10.3 Å². The third-order valence-electron chi connectivity index (χ3n) is 1.46. The molecule has 0 aliphatic carbocycles. The molecule has 0 bridgehead atoms. The van der Waals surface area contributed by atoms with Crippen molar-refractivity contribution in [1.82, 2.24) is 0 Å². The molecule has 0 aliphatic heterocycles. The number of halogens is 1. The molecule has 10 heteroatoms. The van der Waals surface area contributed by atoms with Gasteiger partial charge in [0.15, 0.2) is 0 Å². The number of benzene rings is 1. The lowest BCUT2D eigenvalue weighted by atomic mass is 10.3. The van der Waals surface area contributed by atoms with Crippen molar-refractivity contribution in [2.24, 2.45) is 0 Å².